The fourth-order valence-corrected chi connectivity index (χ4v) is 3.66. The molecule has 0 bridgehead atoms. The fraction of sp³-hybridized carbons (Fsp3) is 0.227. The number of allylic oxidation sites excluding steroid dienone is 1. The molecule has 2 aromatic rings. The van der Waals surface area contributed by atoms with E-state index in [0.717, 1.165) is 0 Å². The highest BCUT2D eigenvalue weighted by Gasteiger charge is 2.33. The summed E-state index contributed by atoms with van der Waals surface area (Å²) < 4.78 is 18.5. The summed E-state index contributed by atoms with van der Waals surface area (Å²) in [5.74, 6) is -1.02. The SMILES string of the molecule is CCOC(=O)C1=C(C)N(C)C(=S)NC1c1cccc(NC(=O)Nc2ccc(F)c(Cl)c2)c1. The Morgan fingerprint density at radius 2 is 1.91 bits per heavy atom. The van der Waals surface area contributed by atoms with Gasteiger partial charge in [-0.25, -0.2) is 14.0 Å². The maximum absolute atomic E-state index is 13.3. The van der Waals surface area contributed by atoms with Crippen molar-refractivity contribution < 1.29 is 18.7 Å². The lowest BCUT2D eigenvalue weighted by atomic mass is 9.95. The fourth-order valence-electron chi connectivity index (χ4n) is 3.22. The second kappa shape index (κ2) is 9.97. The number of nitrogens with one attached hydrogen (secondary N) is 3. The first-order valence-electron chi connectivity index (χ1n) is 9.76. The Morgan fingerprint density at radius 1 is 1.22 bits per heavy atom. The van der Waals surface area contributed by atoms with Crippen molar-refractivity contribution in [3.8, 4) is 0 Å². The summed E-state index contributed by atoms with van der Waals surface area (Å²) in [7, 11) is 1.77. The largest absolute Gasteiger partial charge is 0.463 e. The third kappa shape index (κ3) is 5.17. The third-order valence-electron chi connectivity index (χ3n) is 4.90. The minimum atomic E-state index is -0.574. The molecular formula is C22H22ClFN4O3S. The predicted octanol–water partition coefficient (Wildman–Crippen LogP) is 4.82. The average molecular weight is 477 g/mol. The Balaban J connectivity index is 1.83. The molecule has 32 heavy (non-hydrogen) atoms. The molecule has 1 aliphatic rings. The van der Waals surface area contributed by atoms with Crippen LogP contribution in [-0.4, -0.2) is 35.7 Å². The molecule has 3 N–H and O–H groups in total. The van der Waals surface area contributed by atoms with Gasteiger partial charge in [0, 0.05) is 24.1 Å². The van der Waals surface area contributed by atoms with Crippen LogP contribution >= 0.6 is 23.8 Å². The van der Waals surface area contributed by atoms with Gasteiger partial charge in [-0.1, -0.05) is 23.7 Å². The number of amides is 2. The lowest BCUT2D eigenvalue weighted by Crippen LogP contribution is -2.46. The molecule has 0 fully saturated rings. The monoisotopic (exact) mass is 476 g/mol. The lowest BCUT2D eigenvalue weighted by molar-refractivity contribution is -0.139. The average Bonchev–Trinajstić information content (AvgIpc) is 2.74. The number of esters is 1. The zero-order chi connectivity index (χ0) is 23.4. The number of urea groups is 1. The van der Waals surface area contributed by atoms with E-state index in [0.29, 0.717) is 33.3 Å². The number of halogens is 2. The molecule has 2 aromatic carbocycles. The van der Waals surface area contributed by atoms with Crippen molar-refractivity contribution in [2.75, 3.05) is 24.3 Å². The van der Waals surface area contributed by atoms with Crippen molar-refractivity contribution in [1.29, 1.82) is 0 Å². The summed E-state index contributed by atoms with van der Waals surface area (Å²) in [5.41, 5.74) is 2.66. The van der Waals surface area contributed by atoms with E-state index in [2.05, 4.69) is 16.0 Å². The molecule has 1 atom stereocenters. The number of benzene rings is 2. The quantitative estimate of drug-likeness (QED) is 0.424. The van der Waals surface area contributed by atoms with Gasteiger partial charge in [-0.2, -0.15) is 0 Å². The van der Waals surface area contributed by atoms with Crippen LogP contribution in [0.2, 0.25) is 5.02 Å². The van der Waals surface area contributed by atoms with Gasteiger partial charge in [0.25, 0.3) is 0 Å². The summed E-state index contributed by atoms with van der Waals surface area (Å²) in [6.45, 7) is 3.78. The second-order valence-corrected chi connectivity index (χ2v) is 7.79. The molecule has 0 saturated carbocycles. The Morgan fingerprint density at radius 3 is 2.56 bits per heavy atom. The minimum absolute atomic E-state index is 0.0947. The Bertz CT molecular complexity index is 1110. The molecule has 2 amide bonds. The predicted molar refractivity (Wildman–Crippen MR) is 126 cm³/mol. The second-order valence-electron chi connectivity index (χ2n) is 6.99. The first-order valence-corrected chi connectivity index (χ1v) is 10.5. The van der Waals surface area contributed by atoms with Crippen molar-refractivity contribution in [1.82, 2.24) is 10.2 Å². The van der Waals surface area contributed by atoms with Crippen LogP contribution in [0.3, 0.4) is 0 Å². The van der Waals surface area contributed by atoms with Crippen molar-refractivity contribution >= 4 is 52.3 Å². The topological polar surface area (TPSA) is 82.7 Å². The molecule has 10 heteroatoms. The number of carbonyl (C=O) groups is 2. The van der Waals surface area contributed by atoms with Crippen molar-refractivity contribution in [3.05, 3.63) is 70.1 Å². The summed E-state index contributed by atoms with van der Waals surface area (Å²) in [6, 6.07) is 9.81. The van der Waals surface area contributed by atoms with E-state index < -0.39 is 23.9 Å². The van der Waals surface area contributed by atoms with Gasteiger partial charge < -0.3 is 25.6 Å². The third-order valence-corrected chi connectivity index (χ3v) is 5.59. The molecule has 0 spiro atoms. The summed E-state index contributed by atoms with van der Waals surface area (Å²) >= 11 is 11.1. The molecule has 1 aliphatic heterocycles. The van der Waals surface area contributed by atoms with Gasteiger partial charge in [0.1, 0.15) is 5.82 Å². The van der Waals surface area contributed by atoms with Gasteiger partial charge in [-0.05, 0) is 62.0 Å². The van der Waals surface area contributed by atoms with Gasteiger partial charge in [-0.3, -0.25) is 0 Å². The van der Waals surface area contributed by atoms with E-state index in [-0.39, 0.29) is 11.6 Å². The summed E-state index contributed by atoms with van der Waals surface area (Å²) in [5, 5.41) is 8.83. The molecule has 7 nitrogen and oxygen atoms in total. The number of hydrogen-bond acceptors (Lipinski definition) is 4. The van der Waals surface area contributed by atoms with Crippen LogP contribution in [0.1, 0.15) is 25.5 Å². The first kappa shape index (κ1) is 23.5. The number of nitrogens with zero attached hydrogens (tertiary/aromatic N) is 1. The number of carbonyl (C=O) groups excluding carboxylic acids is 2. The lowest BCUT2D eigenvalue weighted by Gasteiger charge is -2.35. The van der Waals surface area contributed by atoms with Crippen LogP contribution in [0.5, 0.6) is 0 Å². The summed E-state index contributed by atoms with van der Waals surface area (Å²) in [4.78, 5) is 26.7. The standard InChI is InChI=1S/C22H22ClFN4O3S/c1-4-31-20(29)18-12(2)28(3)22(32)27-19(18)13-6-5-7-14(10-13)25-21(30)26-15-8-9-17(24)16(23)11-15/h5-11,19H,4H2,1-3H3,(H,27,32)(H2,25,26,30). The normalized spacial score (nSPS) is 15.8. The van der Waals surface area contributed by atoms with Gasteiger partial charge in [0.2, 0.25) is 0 Å². The van der Waals surface area contributed by atoms with Crippen LogP contribution in [0.4, 0.5) is 20.6 Å². The van der Waals surface area contributed by atoms with E-state index in [4.69, 9.17) is 28.6 Å². The Kier molecular flexibility index (Phi) is 7.32. The van der Waals surface area contributed by atoms with Crippen LogP contribution in [0.15, 0.2) is 53.7 Å². The molecule has 168 valence electrons. The number of hydrogen-bond donors (Lipinski definition) is 3. The molecule has 0 radical (unpaired) electrons. The zero-order valence-electron chi connectivity index (χ0n) is 17.7. The number of ether oxygens (including phenoxy) is 1. The molecule has 0 aromatic heterocycles. The van der Waals surface area contributed by atoms with E-state index >= 15 is 0 Å². The Labute approximate surface area is 195 Å². The molecule has 1 heterocycles. The van der Waals surface area contributed by atoms with Crippen LogP contribution in [0.25, 0.3) is 0 Å². The first-order chi connectivity index (χ1) is 15.2. The maximum atomic E-state index is 13.3. The highest BCUT2D eigenvalue weighted by molar-refractivity contribution is 7.80. The van der Waals surface area contributed by atoms with Crippen molar-refractivity contribution in [3.63, 3.8) is 0 Å². The van der Waals surface area contributed by atoms with E-state index in [1.54, 1.807) is 44.0 Å². The molecule has 1 unspecified atom stereocenters. The number of rotatable bonds is 5. The highest BCUT2D eigenvalue weighted by Crippen LogP contribution is 2.32. The summed E-state index contributed by atoms with van der Waals surface area (Å²) in [6.07, 6.45) is 0. The van der Waals surface area contributed by atoms with Gasteiger partial charge in [-0.15, -0.1) is 0 Å². The van der Waals surface area contributed by atoms with E-state index in [9.17, 15) is 14.0 Å². The van der Waals surface area contributed by atoms with Gasteiger partial charge >= 0.3 is 12.0 Å². The van der Waals surface area contributed by atoms with E-state index in [1.165, 1.54) is 18.2 Å². The molecule has 0 saturated heterocycles. The van der Waals surface area contributed by atoms with Gasteiger partial charge in [0.15, 0.2) is 5.11 Å². The highest BCUT2D eigenvalue weighted by atomic mass is 35.5. The number of thiocarbonyl (C=S) groups is 1. The molecular weight excluding hydrogens is 455 g/mol. The van der Waals surface area contributed by atoms with Crippen LogP contribution in [0, 0.1) is 5.82 Å². The molecule has 3 rings (SSSR count). The minimum Gasteiger partial charge on any atom is -0.463 e. The smallest absolute Gasteiger partial charge is 0.338 e. The van der Waals surface area contributed by atoms with Crippen LogP contribution in [-0.2, 0) is 9.53 Å². The number of anilines is 2. The maximum Gasteiger partial charge on any atom is 0.338 e. The van der Waals surface area contributed by atoms with Gasteiger partial charge in [0.05, 0.1) is 23.2 Å². The Hall–Kier alpha value is -3.17. The van der Waals surface area contributed by atoms with Crippen molar-refractivity contribution in [2.45, 2.75) is 19.9 Å². The van der Waals surface area contributed by atoms with Crippen molar-refractivity contribution in [2.24, 2.45) is 0 Å². The molecule has 0 aliphatic carbocycles. The van der Waals surface area contributed by atoms with E-state index in [1.807, 2.05) is 6.07 Å². The zero-order valence-corrected chi connectivity index (χ0v) is 19.2. The van der Waals surface area contributed by atoms with Crippen LogP contribution < -0.4 is 16.0 Å².